The van der Waals surface area contributed by atoms with Crippen molar-refractivity contribution in [2.24, 2.45) is 4.99 Å². The normalized spacial score (nSPS) is 10.4. The van der Waals surface area contributed by atoms with Crippen LogP contribution in [0, 0.1) is 13.8 Å². The second-order valence-electron chi connectivity index (χ2n) is 3.25. The lowest BCUT2D eigenvalue weighted by molar-refractivity contribution is 1.39. The van der Waals surface area contributed by atoms with Crippen molar-refractivity contribution in [3.05, 3.63) is 41.6 Å². The number of allylic oxidation sites excluding steroid dienone is 1. The molecule has 0 unspecified atom stereocenters. The third kappa shape index (κ3) is 6.49. The number of aliphatic imine (C=N–C) groups is 1. The number of hydrogen-bond donors (Lipinski definition) is 1. The summed E-state index contributed by atoms with van der Waals surface area (Å²) in [4.78, 5) is 3.78. The largest absolute Gasteiger partial charge is 0.399 e. The summed E-state index contributed by atoms with van der Waals surface area (Å²) in [6, 6.07) is 6.03. The summed E-state index contributed by atoms with van der Waals surface area (Å²) in [6.45, 7) is 7.90. The van der Waals surface area contributed by atoms with Crippen molar-refractivity contribution in [2.45, 2.75) is 27.7 Å². The van der Waals surface area contributed by atoms with Crippen LogP contribution in [0.15, 0.2) is 35.5 Å². The van der Waals surface area contributed by atoms with Crippen LogP contribution in [0.25, 0.3) is 0 Å². The Morgan fingerprint density at radius 3 is 2.20 bits per heavy atom. The van der Waals surface area contributed by atoms with Crippen LogP contribution >= 0.6 is 0 Å². The summed E-state index contributed by atoms with van der Waals surface area (Å²) in [5.41, 5.74) is 8.89. The number of hydrogen-bond acceptors (Lipinski definition) is 2. The SMILES string of the molecule is CC=N/C=C\C.Cc1ccc(N)c(C)c1. The molecular formula is C13H20N2. The predicted molar refractivity (Wildman–Crippen MR) is 69.3 cm³/mol. The molecule has 1 aromatic rings. The Hall–Kier alpha value is -1.57. The lowest BCUT2D eigenvalue weighted by atomic mass is 10.1. The van der Waals surface area contributed by atoms with Crippen LogP contribution in [0.4, 0.5) is 5.69 Å². The summed E-state index contributed by atoms with van der Waals surface area (Å²) < 4.78 is 0. The van der Waals surface area contributed by atoms with Gasteiger partial charge in [0.15, 0.2) is 0 Å². The van der Waals surface area contributed by atoms with Crippen LogP contribution in [0.1, 0.15) is 25.0 Å². The Bertz CT molecular complexity index is 328. The van der Waals surface area contributed by atoms with Crippen molar-refractivity contribution in [3.63, 3.8) is 0 Å². The van der Waals surface area contributed by atoms with Gasteiger partial charge in [-0.15, -0.1) is 0 Å². The molecule has 0 radical (unpaired) electrons. The number of rotatable bonds is 1. The Kier molecular flexibility index (Phi) is 6.98. The summed E-state index contributed by atoms with van der Waals surface area (Å²) in [5.74, 6) is 0. The van der Waals surface area contributed by atoms with Gasteiger partial charge in [0.05, 0.1) is 0 Å². The lowest BCUT2D eigenvalue weighted by Crippen LogP contribution is -1.88. The fourth-order valence-electron chi connectivity index (χ4n) is 0.998. The third-order valence-corrected chi connectivity index (χ3v) is 1.81. The van der Waals surface area contributed by atoms with E-state index in [2.05, 4.69) is 18.0 Å². The number of nitrogens with zero attached hydrogens (tertiary/aromatic N) is 1. The molecule has 2 N–H and O–H groups in total. The van der Waals surface area contributed by atoms with Gasteiger partial charge in [0, 0.05) is 18.1 Å². The summed E-state index contributed by atoms with van der Waals surface area (Å²) in [6.07, 6.45) is 5.39. The Morgan fingerprint density at radius 2 is 1.87 bits per heavy atom. The Balaban J connectivity index is 0.000000288. The van der Waals surface area contributed by atoms with E-state index in [1.807, 2.05) is 39.0 Å². The molecule has 82 valence electrons. The average molecular weight is 204 g/mol. The molecule has 0 aromatic heterocycles. The standard InChI is InChI=1S/C8H11N.C5H9N/c1-6-3-4-8(9)7(2)5-6;1-3-5-6-4-2/h3-5H,9H2,1-2H3;3-5H,1-2H3/b;5-3-,6-4?. The second kappa shape index (κ2) is 7.80. The van der Waals surface area contributed by atoms with E-state index >= 15 is 0 Å². The van der Waals surface area contributed by atoms with E-state index in [4.69, 9.17) is 5.73 Å². The van der Waals surface area contributed by atoms with Gasteiger partial charge in [-0.25, -0.2) is 0 Å². The molecule has 0 aliphatic heterocycles. The first-order chi connectivity index (χ1) is 7.11. The first-order valence-corrected chi connectivity index (χ1v) is 5.03. The van der Waals surface area contributed by atoms with Gasteiger partial charge in [0.2, 0.25) is 0 Å². The number of nitrogen functional groups attached to an aromatic ring is 1. The maximum atomic E-state index is 5.59. The van der Waals surface area contributed by atoms with Gasteiger partial charge in [0.25, 0.3) is 0 Å². The van der Waals surface area contributed by atoms with Crippen LogP contribution in [-0.4, -0.2) is 6.21 Å². The number of benzene rings is 1. The average Bonchev–Trinajstić information content (AvgIpc) is 2.22. The zero-order valence-corrected chi connectivity index (χ0v) is 9.99. The number of anilines is 1. The highest BCUT2D eigenvalue weighted by atomic mass is 14.6. The van der Waals surface area contributed by atoms with Crippen molar-refractivity contribution >= 4 is 11.9 Å². The van der Waals surface area contributed by atoms with E-state index in [1.54, 1.807) is 12.4 Å². The monoisotopic (exact) mass is 204 g/mol. The van der Waals surface area contributed by atoms with E-state index < -0.39 is 0 Å². The second-order valence-corrected chi connectivity index (χ2v) is 3.25. The summed E-state index contributed by atoms with van der Waals surface area (Å²) >= 11 is 0. The molecule has 0 spiro atoms. The van der Waals surface area contributed by atoms with E-state index in [0.717, 1.165) is 11.3 Å². The first-order valence-electron chi connectivity index (χ1n) is 5.03. The van der Waals surface area contributed by atoms with E-state index in [0.29, 0.717) is 0 Å². The first kappa shape index (κ1) is 13.4. The molecule has 0 bridgehead atoms. The van der Waals surface area contributed by atoms with Crippen LogP contribution in [0.5, 0.6) is 0 Å². The van der Waals surface area contributed by atoms with Gasteiger partial charge in [-0.2, -0.15) is 0 Å². The molecule has 1 rings (SSSR count). The summed E-state index contributed by atoms with van der Waals surface area (Å²) in [7, 11) is 0. The van der Waals surface area contributed by atoms with Crippen molar-refractivity contribution in [2.75, 3.05) is 5.73 Å². The minimum absolute atomic E-state index is 0.876. The van der Waals surface area contributed by atoms with Gasteiger partial charge in [-0.1, -0.05) is 23.8 Å². The molecule has 0 aliphatic carbocycles. The highest BCUT2D eigenvalue weighted by Gasteiger charge is 1.89. The molecular weight excluding hydrogens is 184 g/mol. The zero-order valence-electron chi connectivity index (χ0n) is 9.99. The fourth-order valence-corrected chi connectivity index (χ4v) is 0.998. The van der Waals surface area contributed by atoms with Gasteiger partial charge < -0.3 is 5.73 Å². The quantitative estimate of drug-likeness (QED) is 0.552. The van der Waals surface area contributed by atoms with Gasteiger partial charge in [0.1, 0.15) is 0 Å². The van der Waals surface area contributed by atoms with Crippen molar-refractivity contribution in [3.8, 4) is 0 Å². The molecule has 0 heterocycles. The molecule has 15 heavy (non-hydrogen) atoms. The maximum Gasteiger partial charge on any atom is 0.0343 e. The zero-order chi connectivity index (χ0) is 11.7. The van der Waals surface area contributed by atoms with Gasteiger partial charge in [-0.3, -0.25) is 4.99 Å². The molecule has 0 atom stereocenters. The third-order valence-electron chi connectivity index (χ3n) is 1.81. The predicted octanol–water partition coefficient (Wildman–Crippen LogP) is 3.50. The Labute approximate surface area is 92.5 Å². The minimum Gasteiger partial charge on any atom is -0.399 e. The minimum atomic E-state index is 0.876. The molecule has 2 heteroatoms. The number of aryl methyl sites for hydroxylation is 2. The van der Waals surface area contributed by atoms with Crippen LogP contribution < -0.4 is 5.73 Å². The van der Waals surface area contributed by atoms with Gasteiger partial charge >= 0.3 is 0 Å². The van der Waals surface area contributed by atoms with Crippen LogP contribution in [0.3, 0.4) is 0 Å². The van der Waals surface area contributed by atoms with Crippen molar-refractivity contribution < 1.29 is 0 Å². The molecule has 0 saturated carbocycles. The maximum absolute atomic E-state index is 5.59. The van der Waals surface area contributed by atoms with E-state index in [9.17, 15) is 0 Å². The molecule has 0 amide bonds. The molecule has 1 aromatic carbocycles. The van der Waals surface area contributed by atoms with Crippen LogP contribution in [-0.2, 0) is 0 Å². The van der Waals surface area contributed by atoms with E-state index in [1.165, 1.54) is 5.56 Å². The molecule has 0 aliphatic rings. The van der Waals surface area contributed by atoms with Gasteiger partial charge in [-0.05, 0) is 39.3 Å². The topological polar surface area (TPSA) is 38.4 Å². The number of nitrogens with two attached hydrogens (primary N) is 1. The molecule has 0 saturated heterocycles. The smallest absolute Gasteiger partial charge is 0.0343 e. The summed E-state index contributed by atoms with van der Waals surface area (Å²) in [5, 5.41) is 0. The van der Waals surface area contributed by atoms with Crippen molar-refractivity contribution in [1.82, 2.24) is 0 Å². The molecule has 0 fully saturated rings. The Morgan fingerprint density at radius 1 is 1.20 bits per heavy atom. The highest BCUT2D eigenvalue weighted by molar-refractivity contribution is 5.54. The fraction of sp³-hybridized carbons (Fsp3) is 0.308. The van der Waals surface area contributed by atoms with E-state index in [-0.39, 0.29) is 0 Å². The lowest BCUT2D eigenvalue weighted by Gasteiger charge is -1.98. The highest BCUT2D eigenvalue weighted by Crippen LogP contribution is 2.10. The van der Waals surface area contributed by atoms with Crippen LogP contribution in [0.2, 0.25) is 0 Å². The van der Waals surface area contributed by atoms with Crippen molar-refractivity contribution in [1.29, 1.82) is 0 Å². The molecule has 2 nitrogen and oxygen atoms in total.